The highest BCUT2D eigenvalue weighted by Crippen LogP contribution is 2.27. The quantitative estimate of drug-likeness (QED) is 0.867. The van der Waals surface area contributed by atoms with Gasteiger partial charge in [0.25, 0.3) is 5.89 Å². The van der Waals surface area contributed by atoms with E-state index in [1.165, 1.54) is 30.4 Å². The molecule has 3 rings (SSSR count). The largest absolute Gasteiger partial charge is 0.442 e. The molecule has 1 saturated heterocycles. The van der Waals surface area contributed by atoms with Gasteiger partial charge in [0.2, 0.25) is 0 Å². The first kappa shape index (κ1) is 15.7. The number of hydrogen-bond acceptors (Lipinski definition) is 6. The Balaban J connectivity index is 1.71. The maximum atomic E-state index is 14.2. The fraction of sp³-hybridized carbons (Fsp3) is 0.286. The van der Waals surface area contributed by atoms with E-state index < -0.39 is 18.0 Å². The van der Waals surface area contributed by atoms with Crippen LogP contribution in [0.5, 0.6) is 0 Å². The highest BCUT2D eigenvalue weighted by Gasteiger charge is 2.33. The van der Waals surface area contributed by atoms with E-state index in [9.17, 15) is 14.0 Å². The van der Waals surface area contributed by atoms with E-state index in [0.717, 1.165) is 0 Å². The number of aromatic nitrogens is 2. The highest BCUT2D eigenvalue weighted by molar-refractivity contribution is 5.90. The number of rotatable bonds is 4. The van der Waals surface area contributed by atoms with Crippen molar-refractivity contribution < 1.29 is 23.2 Å². The van der Waals surface area contributed by atoms with E-state index in [4.69, 9.17) is 9.26 Å². The van der Waals surface area contributed by atoms with Crippen LogP contribution in [0.25, 0.3) is 11.5 Å². The number of ether oxygens (including phenoxy) is 1. The van der Waals surface area contributed by atoms with Crippen LogP contribution in [0.4, 0.5) is 19.7 Å². The van der Waals surface area contributed by atoms with Crippen LogP contribution in [-0.2, 0) is 4.74 Å². The molecule has 0 bridgehead atoms. The third kappa shape index (κ3) is 3.12. The number of halogens is 1. The third-order valence-electron chi connectivity index (χ3n) is 3.45. The Kier molecular flexibility index (Phi) is 4.27. The molecule has 9 nitrogen and oxygen atoms in total. The van der Waals surface area contributed by atoms with Gasteiger partial charge in [-0.1, -0.05) is 5.16 Å². The Hall–Kier alpha value is -3.17. The molecule has 1 atom stereocenters. The van der Waals surface area contributed by atoms with Gasteiger partial charge in [-0.05, 0) is 18.2 Å². The van der Waals surface area contributed by atoms with Gasteiger partial charge in [-0.3, -0.25) is 4.90 Å². The summed E-state index contributed by atoms with van der Waals surface area (Å²) in [6.07, 6.45) is 0.0435. The number of anilines is 1. The number of nitrogens with zero attached hydrogens (tertiary/aromatic N) is 3. The lowest BCUT2D eigenvalue weighted by Crippen LogP contribution is -2.39. The number of nitrogens with one attached hydrogen (secondary N) is 2. The van der Waals surface area contributed by atoms with E-state index in [0.29, 0.717) is 5.69 Å². The normalized spacial score (nSPS) is 16.8. The van der Waals surface area contributed by atoms with Gasteiger partial charge in [-0.15, -0.1) is 0 Å². The number of benzene rings is 1. The molecule has 1 fully saturated rings. The molecule has 3 amide bonds. The first-order valence-corrected chi connectivity index (χ1v) is 7.09. The van der Waals surface area contributed by atoms with Gasteiger partial charge in [0.15, 0.2) is 6.33 Å². The zero-order chi connectivity index (χ0) is 17.1. The lowest BCUT2D eigenvalue weighted by atomic mass is 10.1. The molecule has 24 heavy (non-hydrogen) atoms. The lowest BCUT2D eigenvalue weighted by Gasteiger charge is -2.13. The van der Waals surface area contributed by atoms with Gasteiger partial charge in [-0.2, -0.15) is 4.98 Å². The molecular formula is C14H14FN5O4. The average molecular weight is 335 g/mol. The molecule has 0 saturated carbocycles. The Morgan fingerprint density at radius 3 is 3.00 bits per heavy atom. The van der Waals surface area contributed by atoms with E-state index in [1.807, 2.05) is 0 Å². The molecule has 1 aromatic carbocycles. The Morgan fingerprint density at radius 2 is 2.33 bits per heavy atom. The molecule has 0 radical (unpaired) electrons. The SMILES string of the molecule is CNC(=O)NCC1CN(c2ccc(-c3ncno3)c(F)c2)C(=O)O1. The second kappa shape index (κ2) is 6.52. The average Bonchev–Trinajstić information content (AvgIpc) is 3.22. The van der Waals surface area contributed by atoms with Crippen LogP contribution in [0.2, 0.25) is 0 Å². The van der Waals surface area contributed by atoms with Crippen molar-refractivity contribution in [3.05, 3.63) is 30.3 Å². The summed E-state index contributed by atoms with van der Waals surface area (Å²) in [5, 5.41) is 8.37. The maximum Gasteiger partial charge on any atom is 0.414 e. The number of carbonyl (C=O) groups is 2. The summed E-state index contributed by atoms with van der Waals surface area (Å²) in [4.78, 5) is 28.2. The van der Waals surface area contributed by atoms with Crippen molar-refractivity contribution in [3.8, 4) is 11.5 Å². The highest BCUT2D eigenvalue weighted by atomic mass is 19.1. The second-order valence-electron chi connectivity index (χ2n) is 4.99. The fourth-order valence-electron chi connectivity index (χ4n) is 2.27. The van der Waals surface area contributed by atoms with E-state index in [-0.39, 0.29) is 30.6 Å². The predicted octanol–water partition coefficient (Wildman–Crippen LogP) is 1.13. The summed E-state index contributed by atoms with van der Waals surface area (Å²) in [7, 11) is 1.48. The van der Waals surface area contributed by atoms with Crippen molar-refractivity contribution in [1.29, 1.82) is 0 Å². The zero-order valence-electron chi connectivity index (χ0n) is 12.7. The minimum absolute atomic E-state index is 0.0516. The zero-order valence-corrected chi connectivity index (χ0v) is 12.7. The molecule has 1 unspecified atom stereocenters. The number of amides is 3. The molecule has 2 N–H and O–H groups in total. The number of cyclic esters (lactones) is 1. The molecule has 0 spiro atoms. The first-order valence-electron chi connectivity index (χ1n) is 7.09. The molecular weight excluding hydrogens is 321 g/mol. The van der Waals surface area contributed by atoms with E-state index in [2.05, 4.69) is 20.8 Å². The third-order valence-corrected chi connectivity index (χ3v) is 3.45. The summed E-state index contributed by atoms with van der Waals surface area (Å²) in [6, 6.07) is 3.81. The van der Waals surface area contributed by atoms with Crippen LogP contribution >= 0.6 is 0 Å². The summed E-state index contributed by atoms with van der Waals surface area (Å²) in [5.41, 5.74) is 0.477. The van der Waals surface area contributed by atoms with Crippen molar-refractivity contribution in [2.45, 2.75) is 6.10 Å². The van der Waals surface area contributed by atoms with Crippen molar-refractivity contribution in [3.63, 3.8) is 0 Å². The fourth-order valence-corrected chi connectivity index (χ4v) is 2.27. The van der Waals surface area contributed by atoms with Crippen LogP contribution in [0.3, 0.4) is 0 Å². The first-order chi connectivity index (χ1) is 11.6. The van der Waals surface area contributed by atoms with Crippen molar-refractivity contribution in [2.75, 3.05) is 25.0 Å². The summed E-state index contributed by atoms with van der Waals surface area (Å²) < 4.78 is 24.2. The lowest BCUT2D eigenvalue weighted by molar-refractivity contribution is 0.140. The molecule has 1 aliphatic heterocycles. The van der Waals surface area contributed by atoms with E-state index in [1.54, 1.807) is 6.07 Å². The van der Waals surface area contributed by atoms with Gasteiger partial charge >= 0.3 is 12.1 Å². The standard InChI is InChI=1S/C14H14FN5O4/c1-16-13(21)17-5-9-6-20(14(22)23-9)8-2-3-10(11(15)4-8)12-18-7-19-24-12/h2-4,7,9H,5-6H2,1H3,(H2,16,17,21). The van der Waals surface area contributed by atoms with Gasteiger partial charge in [0.1, 0.15) is 11.9 Å². The molecule has 1 aromatic heterocycles. The molecule has 2 heterocycles. The molecule has 1 aliphatic rings. The predicted molar refractivity (Wildman–Crippen MR) is 79.8 cm³/mol. The number of hydrogen-bond donors (Lipinski definition) is 2. The topological polar surface area (TPSA) is 110 Å². The van der Waals surface area contributed by atoms with Gasteiger partial charge < -0.3 is 19.9 Å². The number of carbonyl (C=O) groups excluding carboxylic acids is 2. The maximum absolute atomic E-state index is 14.2. The smallest absolute Gasteiger partial charge is 0.414 e. The van der Waals surface area contributed by atoms with E-state index >= 15 is 0 Å². The second-order valence-corrected chi connectivity index (χ2v) is 4.99. The molecule has 0 aliphatic carbocycles. The summed E-state index contributed by atoms with van der Waals surface area (Å²) >= 11 is 0. The summed E-state index contributed by atoms with van der Waals surface area (Å²) in [6.45, 7) is 0.354. The minimum Gasteiger partial charge on any atom is -0.442 e. The van der Waals surface area contributed by atoms with Crippen LogP contribution in [0.15, 0.2) is 29.0 Å². The van der Waals surface area contributed by atoms with Gasteiger partial charge in [-0.25, -0.2) is 14.0 Å². The minimum atomic E-state index is -0.608. The van der Waals surface area contributed by atoms with Crippen molar-refractivity contribution >= 4 is 17.8 Å². The van der Waals surface area contributed by atoms with Crippen LogP contribution < -0.4 is 15.5 Å². The van der Waals surface area contributed by atoms with Crippen LogP contribution in [0, 0.1) is 5.82 Å². The van der Waals surface area contributed by atoms with Crippen LogP contribution in [0.1, 0.15) is 0 Å². The van der Waals surface area contributed by atoms with Gasteiger partial charge in [0.05, 0.1) is 24.3 Å². The molecule has 126 valence electrons. The summed E-state index contributed by atoms with van der Waals surface area (Å²) in [5.74, 6) is -0.549. The Labute approximate surface area is 135 Å². The Morgan fingerprint density at radius 1 is 1.50 bits per heavy atom. The molecule has 2 aromatic rings. The van der Waals surface area contributed by atoms with Crippen molar-refractivity contribution in [2.24, 2.45) is 0 Å². The molecule has 10 heteroatoms. The Bertz CT molecular complexity index is 752. The van der Waals surface area contributed by atoms with Crippen molar-refractivity contribution in [1.82, 2.24) is 20.8 Å². The van der Waals surface area contributed by atoms with Gasteiger partial charge in [0, 0.05) is 7.05 Å². The number of urea groups is 1. The van der Waals surface area contributed by atoms with Crippen LogP contribution in [-0.4, -0.2) is 48.5 Å². The monoisotopic (exact) mass is 335 g/mol.